The van der Waals surface area contributed by atoms with E-state index in [0.29, 0.717) is 0 Å². The second-order valence-electron chi connectivity index (χ2n) is 6.63. The first kappa shape index (κ1) is 19.3. The van der Waals surface area contributed by atoms with E-state index in [9.17, 15) is 0 Å². The summed E-state index contributed by atoms with van der Waals surface area (Å²) in [6.07, 6.45) is 4.20. The van der Waals surface area contributed by atoms with Crippen molar-refractivity contribution in [3.05, 3.63) is 66.1 Å². The van der Waals surface area contributed by atoms with Crippen LogP contribution in [-0.2, 0) is 13.0 Å². The normalized spacial score (nSPS) is 11.0. The van der Waals surface area contributed by atoms with E-state index in [2.05, 4.69) is 45.7 Å². The zero-order valence-corrected chi connectivity index (χ0v) is 17.4. The number of aromatic nitrogens is 4. The molecule has 2 aromatic heterocycles. The monoisotopic (exact) mass is 406 g/mol. The topological polar surface area (TPSA) is 62.1 Å². The molecule has 0 fully saturated rings. The van der Waals surface area contributed by atoms with Crippen molar-refractivity contribution in [2.75, 3.05) is 14.2 Å². The lowest BCUT2D eigenvalue weighted by molar-refractivity contribution is 0.394. The van der Waals surface area contributed by atoms with Crippen LogP contribution < -0.4 is 9.47 Å². The average Bonchev–Trinajstić information content (AvgIpc) is 3.10. The summed E-state index contributed by atoms with van der Waals surface area (Å²) in [6, 6.07) is 14.4. The van der Waals surface area contributed by atoms with Crippen molar-refractivity contribution in [3.8, 4) is 11.5 Å². The number of aryl methyl sites for hydroxylation is 3. The Bertz CT molecular complexity index is 1130. The highest BCUT2D eigenvalue weighted by atomic mass is 32.2. The summed E-state index contributed by atoms with van der Waals surface area (Å²) < 4.78 is 13.0. The van der Waals surface area contributed by atoms with Crippen molar-refractivity contribution in [2.24, 2.45) is 0 Å². The van der Waals surface area contributed by atoms with Gasteiger partial charge in [-0.25, -0.2) is 15.0 Å². The lowest BCUT2D eigenvalue weighted by Crippen LogP contribution is -2.04. The van der Waals surface area contributed by atoms with E-state index < -0.39 is 0 Å². The number of hydrogen-bond acceptors (Lipinski definition) is 6. The maximum absolute atomic E-state index is 5.53. The maximum Gasteiger partial charge on any atom is 0.175 e. The van der Waals surface area contributed by atoms with Crippen LogP contribution in [0.4, 0.5) is 0 Å². The predicted molar refractivity (Wildman–Crippen MR) is 114 cm³/mol. The Morgan fingerprint density at radius 3 is 2.62 bits per heavy atom. The highest BCUT2D eigenvalue weighted by Gasteiger charge is 2.16. The molecule has 0 spiro atoms. The van der Waals surface area contributed by atoms with Gasteiger partial charge in [0.1, 0.15) is 23.3 Å². The van der Waals surface area contributed by atoms with Crippen LogP contribution in [0.3, 0.4) is 0 Å². The van der Waals surface area contributed by atoms with Crippen molar-refractivity contribution >= 4 is 22.9 Å². The second kappa shape index (κ2) is 8.53. The van der Waals surface area contributed by atoms with Crippen molar-refractivity contribution < 1.29 is 9.47 Å². The number of hydrogen-bond donors (Lipinski definition) is 0. The number of ether oxygens (including phenoxy) is 2. The Balaban J connectivity index is 1.69. The number of fused-ring (bicyclic) bond motifs is 1. The Kier molecular flexibility index (Phi) is 5.67. The van der Waals surface area contributed by atoms with Crippen LogP contribution in [-0.4, -0.2) is 33.7 Å². The fourth-order valence-electron chi connectivity index (χ4n) is 3.09. The Morgan fingerprint density at radius 1 is 1.03 bits per heavy atom. The third kappa shape index (κ3) is 4.19. The third-order valence-electron chi connectivity index (χ3n) is 4.69. The van der Waals surface area contributed by atoms with Gasteiger partial charge < -0.3 is 14.0 Å². The van der Waals surface area contributed by atoms with Crippen LogP contribution in [0.5, 0.6) is 11.5 Å². The highest BCUT2D eigenvalue weighted by molar-refractivity contribution is 7.99. The molecule has 0 radical (unpaired) electrons. The first-order valence-corrected chi connectivity index (χ1v) is 10.1. The Hall–Kier alpha value is -3.06. The van der Waals surface area contributed by atoms with E-state index in [1.807, 2.05) is 18.2 Å². The number of methoxy groups -OCH3 is 2. The van der Waals surface area contributed by atoms with Gasteiger partial charge in [-0.15, -0.1) is 0 Å². The standard InChI is InChI=1S/C22H22N4O2S/c1-15-4-6-16(7-5-15)10-11-26-21-18(13-23-14-24-21)25-22(26)29-20-12-17(27-2)8-9-19(20)28-3/h4-9,12-14H,10-11H2,1-3H3. The van der Waals surface area contributed by atoms with Crippen molar-refractivity contribution in [2.45, 2.75) is 29.9 Å². The maximum atomic E-state index is 5.53. The zero-order chi connectivity index (χ0) is 20.2. The van der Waals surface area contributed by atoms with E-state index in [0.717, 1.165) is 45.7 Å². The lowest BCUT2D eigenvalue weighted by atomic mass is 10.1. The number of benzene rings is 2. The number of rotatable bonds is 7. The summed E-state index contributed by atoms with van der Waals surface area (Å²) in [5.74, 6) is 1.55. The molecule has 2 heterocycles. The molecule has 2 aromatic carbocycles. The largest absolute Gasteiger partial charge is 0.497 e. The van der Waals surface area contributed by atoms with Gasteiger partial charge in [0.05, 0.1) is 25.3 Å². The Morgan fingerprint density at radius 2 is 1.86 bits per heavy atom. The number of nitrogens with zero attached hydrogens (tertiary/aromatic N) is 4. The molecule has 0 bridgehead atoms. The SMILES string of the molecule is COc1ccc(OC)c(Sc2nc3cncnc3n2CCc2ccc(C)cc2)c1. The minimum absolute atomic E-state index is 0.769. The van der Waals surface area contributed by atoms with Gasteiger partial charge in [0.2, 0.25) is 0 Å². The van der Waals surface area contributed by atoms with Gasteiger partial charge in [-0.3, -0.25) is 0 Å². The third-order valence-corrected chi connectivity index (χ3v) is 5.73. The fraction of sp³-hybridized carbons (Fsp3) is 0.227. The molecule has 0 saturated heterocycles. The predicted octanol–water partition coefficient (Wildman–Crippen LogP) is 4.55. The first-order chi connectivity index (χ1) is 14.2. The summed E-state index contributed by atoms with van der Waals surface area (Å²) in [7, 11) is 3.32. The quantitative estimate of drug-likeness (QED) is 0.449. The Labute approximate surface area is 173 Å². The highest BCUT2D eigenvalue weighted by Crippen LogP contribution is 2.38. The van der Waals surface area contributed by atoms with E-state index in [-0.39, 0.29) is 0 Å². The van der Waals surface area contributed by atoms with Crippen molar-refractivity contribution in [1.82, 2.24) is 19.5 Å². The van der Waals surface area contributed by atoms with Crippen molar-refractivity contribution in [3.63, 3.8) is 0 Å². The van der Waals surface area contributed by atoms with Gasteiger partial charge in [0.25, 0.3) is 0 Å². The van der Waals surface area contributed by atoms with Gasteiger partial charge in [0, 0.05) is 6.54 Å². The molecule has 148 valence electrons. The van der Waals surface area contributed by atoms with Crippen LogP contribution in [0.25, 0.3) is 11.2 Å². The molecule has 0 atom stereocenters. The van der Waals surface area contributed by atoms with Gasteiger partial charge in [-0.1, -0.05) is 29.8 Å². The summed E-state index contributed by atoms with van der Waals surface area (Å²) in [5.41, 5.74) is 4.15. The molecular weight excluding hydrogens is 384 g/mol. The number of imidazole rings is 1. The first-order valence-electron chi connectivity index (χ1n) is 9.29. The van der Waals surface area contributed by atoms with Crippen LogP contribution in [0.15, 0.2) is 65.0 Å². The van der Waals surface area contributed by atoms with Crippen molar-refractivity contribution in [1.29, 1.82) is 0 Å². The minimum Gasteiger partial charge on any atom is -0.497 e. The molecule has 0 amide bonds. The molecule has 0 saturated carbocycles. The minimum atomic E-state index is 0.769. The van der Waals surface area contributed by atoms with E-state index in [1.165, 1.54) is 22.9 Å². The van der Waals surface area contributed by atoms with E-state index in [1.54, 1.807) is 26.7 Å². The van der Waals surface area contributed by atoms with Gasteiger partial charge in [-0.05, 0) is 48.9 Å². The van der Waals surface area contributed by atoms with Crippen LogP contribution in [0.2, 0.25) is 0 Å². The van der Waals surface area contributed by atoms with E-state index in [4.69, 9.17) is 14.5 Å². The summed E-state index contributed by atoms with van der Waals surface area (Å²) >= 11 is 1.54. The molecule has 0 aliphatic heterocycles. The lowest BCUT2D eigenvalue weighted by Gasteiger charge is -2.12. The molecule has 7 heteroatoms. The average molecular weight is 407 g/mol. The van der Waals surface area contributed by atoms with Crippen LogP contribution >= 0.6 is 11.8 Å². The summed E-state index contributed by atoms with van der Waals surface area (Å²) in [4.78, 5) is 14.3. The van der Waals surface area contributed by atoms with Gasteiger partial charge >= 0.3 is 0 Å². The molecule has 0 unspecified atom stereocenters. The van der Waals surface area contributed by atoms with E-state index >= 15 is 0 Å². The molecule has 0 aliphatic rings. The van der Waals surface area contributed by atoms with Crippen LogP contribution in [0.1, 0.15) is 11.1 Å². The molecule has 4 rings (SSSR count). The molecule has 29 heavy (non-hydrogen) atoms. The van der Waals surface area contributed by atoms with Gasteiger partial charge in [-0.2, -0.15) is 0 Å². The van der Waals surface area contributed by atoms with Gasteiger partial charge in [0.15, 0.2) is 10.8 Å². The fourth-order valence-corrected chi connectivity index (χ4v) is 4.15. The smallest absolute Gasteiger partial charge is 0.175 e. The zero-order valence-electron chi connectivity index (χ0n) is 16.6. The molecular formula is C22H22N4O2S. The molecule has 6 nitrogen and oxygen atoms in total. The summed E-state index contributed by atoms with van der Waals surface area (Å²) in [5, 5.41) is 0.846. The van der Waals surface area contributed by atoms with Crippen LogP contribution in [0, 0.1) is 6.92 Å². The molecule has 4 aromatic rings. The summed E-state index contributed by atoms with van der Waals surface area (Å²) in [6.45, 7) is 2.87. The molecule has 0 N–H and O–H groups in total. The molecule has 0 aliphatic carbocycles. The second-order valence-corrected chi connectivity index (χ2v) is 7.64.